The molecular formula is C12H9NO. The van der Waals surface area contributed by atoms with Crippen molar-refractivity contribution in [2.45, 2.75) is 0 Å². The first-order chi connectivity index (χ1) is 6.86. The van der Waals surface area contributed by atoms with E-state index in [4.69, 9.17) is 0 Å². The normalized spacial score (nSPS) is 12.9. The van der Waals surface area contributed by atoms with E-state index in [0.717, 1.165) is 22.0 Å². The second-order valence-electron chi connectivity index (χ2n) is 3.38. The van der Waals surface area contributed by atoms with E-state index in [1.54, 1.807) is 6.07 Å². The molecule has 2 aromatic rings. The molecule has 0 atom stereocenters. The number of aromatic hydroxyl groups is 1. The summed E-state index contributed by atoms with van der Waals surface area (Å²) >= 11 is 0. The lowest BCUT2D eigenvalue weighted by Gasteiger charge is -2.14. The van der Waals surface area contributed by atoms with Crippen molar-refractivity contribution < 1.29 is 5.11 Å². The summed E-state index contributed by atoms with van der Waals surface area (Å²) < 4.78 is 0. The van der Waals surface area contributed by atoms with Gasteiger partial charge in [-0.25, -0.2) is 0 Å². The summed E-state index contributed by atoms with van der Waals surface area (Å²) in [6, 6.07) is 9.72. The van der Waals surface area contributed by atoms with Crippen LogP contribution in [0.1, 0.15) is 5.56 Å². The van der Waals surface area contributed by atoms with E-state index < -0.39 is 0 Å². The molecule has 2 aromatic carbocycles. The lowest BCUT2D eigenvalue weighted by atomic mass is 10.00. The molecule has 0 radical (unpaired) electrons. The second-order valence-corrected chi connectivity index (χ2v) is 3.38. The highest BCUT2D eigenvalue weighted by atomic mass is 16.3. The predicted octanol–water partition coefficient (Wildman–Crippen LogP) is 2.94. The van der Waals surface area contributed by atoms with Gasteiger partial charge in [-0.1, -0.05) is 18.2 Å². The van der Waals surface area contributed by atoms with Crippen molar-refractivity contribution in [2.75, 3.05) is 5.32 Å². The molecule has 1 heterocycles. The van der Waals surface area contributed by atoms with E-state index in [-0.39, 0.29) is 0 Å². The number of nitrogens with one attached hydrogen (secondary N) is 1. The molecule has 0 aromatic heterocycles. The van der Waals surface area contributed by atoms with Gasteiger partial charge in [0.15, 0.2) is 0 Å². The van der Waals surface area contributed by atoms with Gasteiger partial charge in [0, 0.05) is 22.8 Å². The summed E-state index contributed by atoms with van der Waals surface area (Å²) in [6.07, 6.45) is 3.74. The summed E-state index contributed by atoms with van der Waals surface area (Å²) in [5.74, 6) is 0.336. The topological polar surface area (TPSA) is 32.3 Å². The first-order valence-electron chi connectivity index (χ1n) is 4.54. The molecule has 1 aliphatic heterocycles. The van der Waals surface area contributed by atoms with Crippen LogP contribution in [0, 0.1) is 0 Å². The molecule has 0 saturated heterocycles. The Morgan fingerprint density at radius 1 is 1.07 bits per heavy atom. The molecule has 2 N–H and O–H groups in total. The fourth-order valence-corrected chi connectivity index (χ4v) is 1.90. The monoisotopic (exact) mass is 183 g/mol. The molecule has 3 rings (SSSR count). The number of phenolic OH excluding ortho intramolecular Hbond substituents is 1. The van der Waals surface area contributed by atoms with E-state index in [2.05, 4.69) is 5.32 Å². The van der Waals surface area contributed by atoms with Gasteiger partial charge < -0.3 is 10.4 Å². The van der Waals surface area contributed by atoms with Crippen molar-refractivity contribution in [1.82, 2.24) is 0 Å². The Labute approximate surface area is 81.5 Å². The average molecular weight is 183 g/mol. The minimum atomic E-state index is 0.336. The minimum absolute atomic E-state index is 0.336. The molecule has 0 saturated carbocycles. The molecular weight excluding hydrogens is 174 g/mol. The van der Waals surface area contributed by atoms with Gasteiger partial charge in [-0.2, -0.15) is 0 Å². The predicted molar refractivity (Wildman–Crippen MR) is 58.3 cm³/mol. The average Bonchev–Trinajstić information content (AvgIpc) is 2.24. The van der Waals surface area contributed by atoms with Crippen LogP contribution in [0.15, 0.2) is 36.5 Å². The van der Waals surface area contributed by atoms with Gasteiger partial charge in [-0.15, -0.1) is 0 Å². The summed E-state index contributed by atoms with van der Waals surface area (Å²) in [5, 5.41) is 15.1. The molecule has 0 aliphatic carbocycles. The van der Waals surface area contributed by atoms with Crippen molar-refractivity contribution in [2.24, 2.45) is 0 Å². The number of hydrogen-bond donors (Lipinski definition) is 2. The SMILES string of the molecule is Oc1ccc2cccc3c2c1C=CN3. The number of rotatable bonds is 0. The highest BCUT2D eigenvalue weighted by molar-refractivity contribution is 6.03. The number of phenols is 1. The zero-order valence-corrected chi connectivity index (χ0v) is 7.49. The minimum Gasteiger partial charge on any atom is -0.507 e. The molecule has 0 spiro atoms. The first-order valence-corrected chi connectivity index (χ1v) is 4.54. The molecule has 68 valence electrons. The summed E-state index contributed by atoms with van der Waals surface area (Å²) in [5.41, 5.74) is 1.95. The van der Waals surface area contributed by atoms with E-state index in [0.29, 0.717) is 5.75 Å². The largest absolute Gasteiger partial charge is 0.507 e. The Bertz CT molecular complexity index is 543. The molecule has 2 nitrogen and oxygen atoms in total. The quantitative estimate of drug-likeness (QED) is 0.658. The zero-order valence-electron chi connectivity index (χ0n) is 7.49. The number of benzene rings is 2. The van der Waals surface area contributed by atoms with Gasteiger partial charge in [0.05, 0.1) is 0 Å². The van der Waals surface area contributed by atoms with Crippen LogP contribution in [-0.4, -0.2) is 5.11 Å². The maximum atomic E-state index is 9.69. The fourth-order valence-electron chi connectivity index (χ4n) is 1.90. The molecule has 14 heavy (non-hydrogen) atoms. The third-order valence-electron chi connectivity index (χ3n) is 2.55. The molecule has 0 fully saturated rings. The van der Waals surface area contributed by atoms with Gasteiger partial charge in [-0.3, -0.25) is 0 Å². The molecule has 0 unspecified atom stereocenters. The Hall–Kier alpha value is -1.96. The Kier molecular flexibility index (Phi) is 1.34. The number of anilines is 1. The molecule has 0 amide bonds. The smallest absolute Gasteiger partial charge is 0.123 e. The molecule has 0 bridgehead atoms. The van der Waals surface area contributed by atoms with Gasteiger partial charge in [0.1, 0.15) is 5.75 Å². The maximum Gasteiger partial charge on any atom is 0.123 e. The van der Waals surface area contributed by atoms with Gasteiger partial charge in [0.2, 0.25) is 0 Å². The summed E-state index contributed by atoms with van der Waals surface area (Å²) in [4.78, 5) is 0. The third-order valence-corrected chi connectivity index (χ3v) is 2.55. The van der Waals surface area contributed by atoms with Crippen molar-refractivity contribution in [3.05, 3.63) is 42.1 Å². The van der Waals surface area contributed by atoms with Crippen molar-refractivity contribution in [3.63, 3.8) is 0 Å². The maximum absolute atomic E-state index is 9.69. The Morgan fingerprint density at radius 3 is 2.93 bits per heavy atom. The van der Waals surface area contributed by atoms with E-state index in [1.807, 2.05) is 36.5 Å². The van der Waals surface area contributed by atoms with Gasteiger partial charge in [-0.05, 0) is 23.6 Å². The Balaban J connectivity index is 2.56. The van der Waals surface area contributed by atoms with Crippen LogP contribution in [0.4, 0.5) is 5.69 Å². The second kappa shape index (κ2) is 2.51. The molecule has 2 heteroatoms. The Morgan fingerprint density at radius 2 is 2.00 bits per heavy atom. The molecule has 1 aliphatic rings. The highest BCUT2D eigenvalue weighted by Crippen LogP contribution is 2.35. The highest BCUT2D eigenvalue weighted by Gasteiger charge is 2.10. The van der Waals surface area contributed by atoms with Crippen LogP contribution in [0.3, 0.4) is 0 Å². The van der Waals surface area contributed by atoms with Crippen LogP contribution in [0.5, 0.6) is 5.75 Å². The van der Waals surface area contributed by atoms with E-state index >= 15 is 0 Å². The fraction of sp³-hybridized carbons (Fsp3) is 0. The third kappa shape index (κ3) is 0.852. The first kappa shape index (κ1) is 7.44. The van der Waals surface area contributed by atoms with Crippen molar-refractivity contribution in [3.8, 4) is 5.75 Å². The van der Waals surface area contributed by atoms with E-state index in [1.165, 1.54) is 0 Å². The summed E-state index contributed by atoms with van der Waals surface area (Å²) in [6.45, 7) is 0. The van der Waals surface area contributed by atoms with Gasteiger partial charge >= 0.3 is 0 Å². The van der Waals surface area contributed by atoms with Gasteiger partial charge in [0.25, 0.3) is 0 Å². The van der Waals surface area contributed by atoms with Crippen molar-refractivity contribution >= 4 is 22.5 Å². The van der Waals surface area contributed by atoms with Crippen LogP contribution in [0.2, 0.25) is 0 Å². The lowest BCUT2D eigenvalue weighted by molar-refractivity contribution is 0.475. The van der Waals surface area contributed by atoms with Crippen LogP contribution >= 0.6 is 0 Å². The van der Waals surface area contributed by atoms with Crippen LogP contribution < -0.4 is 5.32 Å². The standard InChI is InChI=1S/C12H9NO/c14-11-5-4-8-2-1-3-10-12(8)9(11)6-7-13-10/h1-7,13-14H. The summed E-state index contributed by atoms with van der Waals surface area (Å²) in [7, 11) is 0. The van der Waals surface area contributed by atoms with Crippen LogP contribution in [0.25, 0.3) is 16.8 Å². The zero-order chi connectivity index (χ0) is 9.54. The van der Waals surface area contributed by atoms with Crippen molar-refractivity contribution in [1.29, 1.82) is 0 Å². The van der Waals surface area contributed by atoms with E-state index in [9.17, 15) is 5.11 Å². The lowest BCUT2D eigenvalue weighted by Crippen LogP contribution is -1.95. The van der Waals surface area contributed by atoms with Crippen LogP contribution in [-0.2, 0) is 0 Å². The number of hydrogen-bond acceptors (Lipinski definition) is 2.